The lowest BCUT2D eigenvalue weighted by Gasteiger charge is -2.33. The Balaban J connectivity index is 1.85. The molecule has 1 aromatic carbocycles. The number of rotatable bonds is 6. The number of carbonyl (C=O) groups excluding carboxylic acids is 2. The summed E-state index contributed by atoms with van der Waals surface area (Å²) < 4.78 is 8.20. The first-order valence-corrected chi connectivity index (χ1v) is 13.5. The third-order valence-corrected chi connectivity index (χ3v) is 7.30. The summed E-state index contributed by atoms with van der Waals surface area (Å²) in [6.07, 6.45) is 4.83. The number of carbonyl (C=O) groups is 2. The Morgan fingerprint density at radius 2 is 1.86 bits per heavy atom. The minimum atomic E-state index is -0.0419. The summed E-state index contributed by atoms with van der Waals surface area (Å²) in [5.74, 6) is 1.20. The lowest BCUT2D eigenvalue weighted by molar-refractivity contribution is -0.134. The molecular formula is C29H44N4O3. The van der Waals surface area contributed by atoms with Crippen molar-refractivity contribution >= 4 is 11.8 Å². The molecule has 7 heteroatoms. The number of nitrogens with zero attached hydrogens (tertiary/aromatic N) is 4. The first-order chi connectivity index (χ1) is 17.2. The molecule has 2 aromatic rings. The van der Waals surface area contributed by atoms with Crippen LogP contribution in [-0.2, 0) is 18.3 Å². The van der Waals surface area contributed by atoms with Crippen LogP contribution >= 0.6 is 0 Å². The second-order valence-electron chi connectivity index (χ2n) is 10.4. The molecule has 0 fully saturated rings. The van der Waals surface area contributed by atoms with Gasteiger partial charge in [0.1, 0.15) is 12.4 Å². The number of para-hydroxylation sites is 1. The van der Waals surface area contributed by atoms with Crippen molar-refractivity contribution in [3.05, 3.63) is 46.8 Å². The molecule has 1 aliphatic rings. The monoisotopic (exact) mass is 496 g/mol. The predicted molar refractivity (Wildman–Crippen MR) is 143 cm³/mol. The van der Waals surface area contributed by atoms with Gasteiger partial charge in [-0.15, -0.1) is 0 Å². The molecule has 3 rings (SSSR count). The van der Waals surface area contributed by atoms with Gasteiger partial charge in [-0.25, -0.2) is 0 Å². The Labute approximate surface area is 216 Å². The zero-order valence-corrected chi connectivity index (χ0v) is 23.0. The summed E-state index contributed by atoms with van der Waals surface area (Å²) >= 11 is 0. The van der Waals surface area contributed by atoms with Gasteiger partial charge in [0.05, 0.1) is 17.3 Å². The fourth-order valence-corrected chi connectivity index (χ4v) is 5.19. The van der Waals surface area contributed by atoms with E-state index in [-0.39, 0.29) is 17.9 Å². The molecule has 0 saturated carbocycles. The van der Waals surface area contributed by atoms with Gasteiger partial charge in [-0.05, 0) is 76.5 Å². The van der Waals surface area contributed by atoms with E-state index in [0.29, 0.717) is 56.3 Å². The predicted octanol–water partition coefficient (Wildman–Crippen LogP) is 4.94. The normalized spacial score (nSPS) is 17.8. The molecule has 0 saturated heterocycles. The Morgan fingerprint density at radius 1 is 1.14 bits per heavy atom. The van der Waals surface area contributed by atoms with E-state index in [0.717, 1.165) is 37.1 Å². The third kappa shape index (κ3) is 6.89. The lowest BCUT2D eigenvalue weighted by atomic mass is 10.0. The van der Waals surface area contributed by atoms with E-state index in [4.69, 9.17) is 4.74 Å². The van der Waals surface area contributed by atoms with Crippen LogP contribution in [0.25, 0.3) is 0 Å². The van der Waals surface area contributed by atoms with E-state index in [1.807, 2.05) is 54.7 Å². The number of amides is 2. The molecule has 0 unspecified atom stereocenters. The Morgan fingerprint density at radius 3 is 2.53 bits per heavy atom. The van der Waals surface area contributed by atoms with Crippen LogP contribution in [0.5, 0.6) is 5.75 Å². The zero-order chi connectivity index (χ0) is 26.2. The highest BCUT2D eigenvalue weighted by Crippen LogP contribution is 2.24. The van der Waals surface area contributed by atoms with Crippen LogP contribution in [-0.4, -0.2) is 63.7 Å². The van der Waals surface area contributed by atoms with Gasteiger partial charge >= 0.3 is 0 Å². The number of benzene rings is 1. The molecule has 2 heterocycles. The van der Waals surface area contributed by atoms with Gasteiger partial charge in [0.25, 0.3) is 5.91 Å². The van der Waals surface area contributed by atoms with Crippen LogP contribution < -0.4 is 4.74 Å². The van der Waals surface area contributed by atoms with E-state index in [1.54, 1.807) is 0 Å². The van der Waals surface area contributed by atoms with Gasteiger partial charge in [-0.1, -0.05) is 26.0 Å². The quantitative estimate of drug-likeness (QED) is 0.568. The van der Waals surface area contributed by atoms with Crippen molar-refractivity contribution in [3.63, 3.8) is 0 Å². The largest absolute Gasteiger partial charge is 0.491 e. The molecule has 0 aliphatic carbocycles. The second-order valence-corrected chi connectivity index (χ2v) is 10.4. The molecule has 0 spiro atoms. The second kappa shape index (κ2) is 12.9. The Bertz CT molecular complexity index is 1030. The molecule has 0 radical (unpaired) electrons. The van der Waals surface area contributed by atoms with E-state index in [1.165, 1.54) is 5.56 Å². The number of aromatic nitrogens is 2. The van der Waals surface area contributed by atoms with Crippen molar-refractivity contribution < 1.29 is 14.3 Å². The van der Waals surface area contributed by atoms with Crippen LogP contribution in [0, 0.1) is 19.8 Å². The van der Waals surface area contributed by atoms with Crippen LogP contribution in [0.1, 0.15) is 80.2 Å². The van der Waals surface area contributed by atoms with Gasteiger partial charge in [-0.3, -0.25) is 14.3 Å². The highest BCUT2D eigenvalue weighted by Gasteiger charge is 2.27. The van der Waals surface area contributed by atoms with E-state index >= 15 is 0 Å². The van der Waals surface area contributed by atoms with Crippen molar-refractivity contribution in [2.75, 3.05) is 26.2 Å². The SMILES string of the molecule is CCN1CCCCCN(C(=O)CCc2c(C)nn(C)c2C)[C@@H](CC(C)C)COc2ccccc2C1=O. The molecule has 1 atom stereocenters. The summed E-state index contributed by atoms with van der Waals surface area (Å²) in [6.45, 7) is 12.9. The highest BCUT2D eigenvalue weighted by molar-refractivity contribution is 5.96. The molecule has 1 aliphatic heterocycles. The molecule has 1 aromatic heterocycles. The van der Waals surface area contributed by atoms with Gasteiger partial charge in [0.2, 0.25) is 5.91 Å². The van der Waals surface area contributed by atoms with E-state index in [2.05, 4.69) is 30.8 Å². The maximum atomic E-state index is 13.7. The molecule has 0 N–H and O–H groups in total. The van der Waals surface area contributed by atoms with E-state index < -0.39 is 0 Å². The third-order valence-electron chi connectivity index (χ3n) is 7.30. The molecule has 198 valence electrons. The van der Waals surface area contributed by atoms with Crippen LogP contribution in [0.15, 0.2) is 24.3 Å². The molecular weight excluding hydrogens is 452 g/mol. The first kappa shape index (κ1) is 27.8. The standard InChI is InChI=1S/C29H44N4O3/c1-7-32-17-11-8-12-18-33(28(34)16-15-25-22(4)30-31(6)23(25)5)24(19-21(2)3)20-36-27-14-10-9-13-26(27)29(32)35/h9-10,13-14,21,24H,7-8,11-12,15-20H2,1-6H3/t24-/m0/s1. The Hall–Kier alpha value is -2.83. The van der Waals surface area contributed by atoms with Gasteiger partial charge in [0.15, 0.2) is 0 Å². The maximum Gasteiger partial charge on any atom is 0.257 e. The molecule has 7 nitrogen and oxygen atoms in total. The average molecular weight is 497 g/mol. The zero-order valence-electron chi connectivity index (χ0n) is 23.0. The van der Waals surface area contributed by atoms with Gasteiger partial charge in [-0.2, -0.15) is 5.10 Å². The van der Waals surface area contributed by atoms with Crippen LogP contribution in [0.3, 0.4) is 0 Å². The topological polar surface area (TPSA) is 67.7 Å². The molecule has 2 amide bonds. The summed E-state index contributed by atoms with van der Waals surface area (Å²) in [6, 6.07) is 7.46. The summed E-state index contributed by atoms with van der Waals surface area (Å²) in [5, 5.41) is 4.51. The number of ether oxygens (including phenoxy) is 1. The minimum absolute atomic E-state index is 0.0166. The smallest absolute Gasteiger partial charge is 0.257 e. The maximum absolute atomic E-state index is 13.7. The van der Waals surface area contributed by atoms with Crippen molar-refractivity contribution in [2.45, 2.75) is 79.2 Å². The van der Waals surface area contributed by atoms with Crippen molar-refractivity contribution in [3.8, 4) is 5.75 Å². The number of hydrogen-bond donors (Lipinski definition) is 0. The summed E-state index contributed by atoms with van der Waals surface area (Å²) in [4.78, 5) is 30.9. The Kier molecular flexibility index (Phi) is 9.97. The van der Waals surface area contributed by atoms with Crippen LogP contribution in [0.2, 0.25) is 0 Å². The summed E-state index contributed by atoms with van der Waals surface area (Å²) in [7, 11) is 1.95. The molecule has 36 heavy (non-hydrogen) atoms. The fourth-order valence-electron chi connectivity index (χ4n) is 5.19. The van der Waals surface area contributed by atoms with Gasteiger partial charge < -0.3 is 14.5 Å². The van der Waals surface area contributed by atoms with Crippen molar-refractivity contribution in [1.82, 2.24) is 19.6 Å². The number of aryl methyl sites for hydroxylation is 2. The first-order valence-electron chi connectivity index (χ1n) is 13.5. The average Bonchev–Trinajstić information content (AvgIpc) is 3.10. The van der Waals surface area contributed by atoms with Crippen LogP contribution in [0.4, 0.5) is 0 Å². The molecule has 0 bridgehead atoms. The lowest BCUT2D eigenvalue weighted by Crippen LogP contribution is -2.45. The van der Waals surface area contributed by atoms with Gasteiger partial charge in [0, 0.05) is 38.8 Å². The fraction of sp³-hybridized carbons (Fsp3) is 0.621. The highest BCUT2D eigenvalue weighted by atomic mass is 16.5. The van der Waals surface area contributed by atoms with Crippen molar-refractivity contribution in [1.29, 1.82) is 0 Å². The van der Waals surface area contributed by atoms with Crippen molar-refractivity contribution in [2.24, 2.45) is 13.0 Å². The number of hydrogen-bond acceptors (Lipinski definition) is 4. The summed E-state index contributed by atoms with van der Waals surface area (Å²) in [5.41, 5.74) is 3.88. The minimum Gasteiger partial charge on any atom is -0.491 e. The van der Waals surface area contributed by atoms with E-state index in [9.17, 15) is 9.59 Å². The number of fused-ring (bicyclic) bond motifs is 1.